The van der Waals surface area contributed by atoms with Gasteiger partial charge in [0.15, 0.2) is 0 Å². The van der Waals surface area contributed by atoms with Crippen LogP contribution in [0.1, 0.15) is 17.9 Å². The predicted octanol–water partition coefficient (Wildman–Crippen LogP) is 3.13. The molecule has 2 aromatic rings. The number of halogens is 1. The Labute approximate surface area is 145 Å². The van der Waals surface area contributed by atoms with Gasteiger partial charge in [-0.3, -0.25) is 4.79 Å². The molecule has 5 nitrogen and oxygen atoms in total. The molecule has 2 aromatic carbocycles. The first kappa shape index (κ1) is 16.3. The van der Waals surface area contributed by atoms with Crippen LogP contribution in [0.15, 0.2) is 54.6 Å². The Kier molecular flexibility index (Phi) is 5.01. The summed E-state index contributed by atoms with van der Waals surface area (Å²) in [6.07, 6.45) is 0.357. The molecule has 0 saturated carbocycles. The monoisotopic (exact) mass is 343 g/mol. The third kappa shape index (κ3) is 4.06. The number of carbonyl (C=O) groups is 2. The van der Waals surface area contributed by atoms with Crippen molar-refractivity contribution in [1.82, 2.24) is 10.6 Å². The van der Waals surface area contributed by atoms with Crippen molar-refractivity contribution in [3.63, 3.8) is 0 Å². The van der Waals surface area contributed by atoms with Crippen LogP contribution in [0.2, 0.25) is 5.02 Å². The minimum absolute atomic E-state index is 0.0000115. The summed E-state index contributed by atoms with van der Waals surface area (Å²) >= 11 is 5.84. The van der Waals surface area contributed by atoms with Gasteiger partial charge in [-0.05, 0) is 29.8 Å². The number of amides is 3. The molecule has 0 bridgehead atoms. The van der Waals surface area contributed by atoms with Crippen LogP contribution < -0.4 is 16.0 Å². The van der Waals surface area contributed by atoms with E-state index in [2.05, 4.69) is 16.0 Å². The quantitative estimate of drug-likeness (QED) is 0.801. The summed E-state index contributed by atoms with van der Waals surface area (Å²) in [6, 6.07) is 16.2. The number of rotatable bonds is 3. The van der Waals surface area contributed by atoms with Gasteiger partial charge in [0.1, 0.15) is 0 Å². The zero-order chi connectivity index (χ0) is 16.9. The van der Waals surface area contributed by atoms with Gasteiger partial charge in [-0.25, -0.2) is 4.79 Å². The highest BCUT2D eigenvalue weighted by Gasteiger charge is 2.31. The lowest BCUT2D eigenvalue weighted by molar-refractivity contribution is -0.123. The fourth-order valence-corrected chi connectivity index (χ4v) is 2.98. The summed E-state index contributed by atoms with van der Waals surface area (Å²) in [4.78, 5) is 24.0. The van der Waals surface area contributed by atoms with Crippen LogP contribution in [0.4, 0.5) is 10.5 Å². The van der Waals surface area contributed by atoms with Gasteiger partial charge < -0.3 is 16.0 Å². The maximum Gasteiger partial charge on any atom is 0.319 e. The number of carbonyl (C=O) groups excluding carboxylic acids is 2. The fourth-order valence-electron chi connectivity index (χ4n) is 2.85. The SMILES string of the molecule is O=C1CC(c2ccccc2)[C@H](NC(=O)Nc2ccc(Cl)cc2)CN1. The molecule has 0 spiro atoms. The maximum absolute atomic E-state index is 12.3. The normalized spacial score (nSPS) is 20.1. The Morgan fingerprint density at radius 3 is 2.50 bits per heavy atom. The van der Waals surface area contributed by atoms with Crippen molar-refractivity contribution in [1.29, 1.82) is 0 Å². The van der Waals surface area contributed by atoms with Gasteiger partial charge in [-0.2, -0.15) is 0 Å². The molecule has 1 aliphatic rings. The van der Waals surface area contributed by atoms with E-state index in [4.69, 9.17) is 11.6 Å². The van der Waals surface area contributed by atoms with Crippen molar-refractivity contribution in [2.45, 2.75) is 18.4 Å². The highest BCUT2D eigenvalue weighted by molar-refractivity contribution is 6.30. The molecule has 0 radical (unpaired) electrons. The zero-order valence-corrected chi connectivity index (χ0v) is 13.7. The maximum atomic E-state index is 12.3. The second kappa shape index (κ2) is 7.36. The van der Waals surface area contributed by atoms with Crippen LogP contribution in [0.25, 0.3) is 0 Å². The number of nitrogens with one attached hydrogen (secondary N) is 3. The number of benzene rings is 2. The standard InChI is InChI=1S/C18H18ClN3O2/c19-13-6-8-14(9-7-13)21-18(24)22-16-11-20-17(23)10-15(16)12-4-2-1-3-5-12/h1-9,15-16H,10-11H2,(H,20,23)(H2,21,22,24)/t15?,16-/m1/s1. The molecule has 3 amide bonds. The number of piperidine rings is 1. The van der Waals surface area contributed by atoms with E-state index in [1.807, 2.05) is 30.3 Å². The van der Waals surface area contributed by atoms with E-state index in [-0.39, 0.29) is 23.9 Å². The highest BCUT2D eigenvalue weighted by atomic mass is 35.5. The second-order valence-electron chi connectivity index (χ2n) is 5.74. The van der Waals surface area contributed by atoms with Gasteiger partial charge in [0, 0.05) is 29.6 Å². The lowest BCUT2D eigenvalue weighted by atomic mass is 9.86. The molecule has 2 atom stereocenters. The second-order valence-corrected chi connectivity index (χ2v) is 6.17. The smallest absolute Gasteiger partial charge is 0.319 e. The summed E-state index contributed by atoms with van der Waals surface area (Å²) in [7, 11) is 0. The summed E-state index contributed by atoms with van der Waals surface area (Å²) < 4.78 is 0. The van der Waals surface area contributed by atoms with Gasteiger partial charge in [0.2, 0.25) is 5.91 Å². The number of anilines is 1. The minimum Gasteiger partial charge on any atom is -0.354 e. The molecule has 1 saturated heterocycles. The summed E-state index contributed by atoms with van der Waals surface area (Å²) in [6.45, 7) is 0.409. The van der Waals surface area contributed by atoms with Gasteiger partial charge >= 0.3 is 6.03 Å². The lowest BCUT2D eigenvalue weighted by Gasteiger charge is -2.32. The van der Waals surface area contributed by atoms with Crippen LogP contribution in [0.3, 0.4) is 0 Å². The molecule has 0 aromatic heterocycles. The van der Waals surface area contributed by atoms with Crippen molar-refractivity contribution in [2.75, 3.05) is 11.9 Å². The van der Waals surface area contributed by atoms with Crippen molar-refractivity contribution in [2.24, 2.45) is 0 Å². The average Bonchev–Trinajstić information content (AvgIpc) is 2.59. The Balaban J connectivity index is 1.68. The molecule has 0 aliphatic carbocycles. The molecule has 1 fully saturated rings. The van der Waals surface area contributed by atoms with Crippen LogP contribution in [-0.4, -0.2) is 24.5 Å². The average molecular weight is 344 g/mol. The van der Waals surface area contributed by atoms with Gasteiger partial charge in [-0.15, -0.1) is 0 Å². The van der Waals surface area contributed by atoms with Crippen LogP contribution in [0.5, 0.6) is 0 Å². The summed E-state index contributed by atoms with van der Waals surface area (Å²) in [5.74, 6) is -0.0454. The zero-order valence-electron chi connectivity index (χ0n) is 13.0. The van der Waals surface area contributed by atoms with Gasteiger partial charge in [0.25, 0.3) is 0 Å². The molecule has 124 valence electrons. The Hall–Kier alpha value is -2.53. The third-order valence-electron chi connectivity index (χ3n) is 4.06. The molecule has 1 unspecified atom stereocenters. The minimum atomic E-state index is -0.306. The molecule has 6 heteroatoms. The van der Waals surface area contributed by atoms with E-state index < -0.39 is 0 Å². The topological polar surface area (TPSA) is 70.2 Å². The first-order chi connectivity index (χ1) is 11.6. The van der Waals surface area contributed by atoms with Crippen LogP contribution >= 0.6 is 11.6 Å². The van der Waals surface area contributed by atoms with Crippen molar-refractivity contribution >= 4 is 29.2 Å². The van der Waals surface area contributed by atoms with E-state index >= 15 is 0 Å². The van der Waals surface area contributed by atoms with Crippen molar-refractivity contribution in [3.8, 4) is 0 Å². The molecular weight excluding hydrogens is 326 g/mol. The molecular formula is C18H18ClN3O2. The molecule has 24 heavy (non-hydrogen) atoms. The van der Waals surface area contributed by atoms with Gasteiger partial charge in [-0.1, -0.05) is 41.9 Å². The first-order valence-corrected chi connectivity index (χ1v) is 8.14. The number of hydrogen-bond acceptors (Lipinski definition) is 2. The number of hydrogen-bond donors (Lipinski definition) is 3. The largest absolute Gasteiger partial charge is 0.354 e. The third-order valence-corrected chi connectivity index (χ3v) is 4.31. The highest BCUT2D eigenvalue weighted by Crippen LogP contribution is 2.26. The fraction of sp³-hybridized carbons (Fsp3) is 0.222. The van der Waals surface area contributed by atoms with Crippen molar-refractivity contribution in [3.05, 3.63) is 65.2 Å². The Morgan fingerprint density at radius 1 is 1.08 bits per heavy atom. The molecule has 1 aliphatic heterocycles. The summed E-state index contributed by atoms with van der Waals surface area (Å²) in [5, 5.41) is 9.15. The van der Waals surface area contributed by atoms with E-state index in [1.165, 1.54) is 0 Å². The molecule has 3 N–H and O–H groups in total. The summed E-state index contributed by atoms with van der Waals surface area (Å²) in [5.41, 5.74) is 1.71. The van der Waals surface area contributed by atoms with Crippen LogP contribution in [0, 0.1) is 0 Å². The van der Waals surface area contributed by atoms with E-state index in [1.54, 1.807) is 24.3 Å². The van der Waals surface area contributed by atoms with E-state index in [0.717, 1.165) is 5.56 Å². The number of urea groups is 1. The molecule has 3 rings (SSSR count). The Morgan fingerprint density at radius 2 is 1.79 bits per heavy atom. The van der Waals surface area contributed by atoms with E-state index in [0.29, 0.717) is 23.7 Å². The van der Waals surface area contributed by atoms with Gasteiger partial charge in [0.05, 0.1) is 6.04 Å². The van der Waals surface area contributed by atoms with E-state index in [9.17, 15) is 9.59 Å². The molecule has 1 heterocycles. The van der Waals surface area contributed by atoms with Crippen molar-refractivity contribution < 1.29 is 9.59 Å². The predicted molar refractivity (Wildman–Crippen MR) is 94.2 cm³/mol. The van der Waals surface area contributed by atoms with Crippen LogP contribution in [-0.2, 0) is 4.79 Å². The first-order valence-electron chi connectivity index (χ1n) is 7.76. The lowest BCUT2D eigenvalue weighted by Crippen LogP contribution is -2.52. The Bertz CT molecular complexity index is 719.